The third kappa shape index (κ3) is 4.12. The van der Waals surface area contributed by atoms with Gasteiger partial charge in [-0.2, -0.15) is 0 Å². The lowest BCUT2D eigenvalue weighted by atomic mass is 10.1. The Morgan fingerprint density at radius 3 is 2.57 bits per heavy atom. The smallest absolute Gasteiger partial charge is 0.239 e. The molecule has 0 aliphatic heterocycles. The molecule has 2 N–H and O–H groups in total. The summed E-state index contributed by atoms with van der Waals surface area (Å²) in [5, 5.41) is 13.5. The number of aryl methyl sites for hydroxylation is 1. The van der Waals surface area contributed by atoms with Crippen LogP contribution in [0.4, 0.5) is 5.00 Å². The molecule has 1 amide bonds. The van der Waals surface area contributed by atoms with Gasteiger partial charge in [-0.3, -0.25) is 9.69 Å². The van der Waals surface area contributed by atoms with Crippen molar-refractivity contribution in [2.24, 2.45) is 0 Å². The zero-order valence-corrected chi connectivity index (χ0v) is 15.1. The second kappa shape index (κ2) is 7.15. The van der Waals surface area contributed by atoms with Crippen LogP contribution in [0.5, 0.6) is 5.75 Å². The molecule has 1 aromatic carbocycles. The second-order valence-corrected chi connectivity index (χ2v) is 7.20. The van der Waals surface area contributed by atoms with E-state index in [2.05, 4.69) is 19.2 Å². The number of aromatic hydroxyl groups is 1. The molecule has 0 saturated carbocycles. The number of carbonyl (C=O) groups is 1. The first-order valence-electron chi connectivity index (χ1n) is 7.65. The van der Waals surface area contributed by atoms with E-state index in [1.807, 2.05) is 37.9 Å². The highest BCUT2D eigenvalue weighted by molar-refractivity contribution is 7.16. The maximum atomic E-state index is 12.3. The fourth-order valence-corrected chi connectivity index (χ4v) is 3.51. The van der Waals surface area contributed by atoms with E-state index in [9.17, 15) is 9.90 Å². The lowest BCUT2D eigenvalue weighted by Crippen LogP contribution is -2.32. The Bertz CT molecular complexity index is 709. The molecule has 0 unspecified atom stereocenters. The number of phenolic OH excluding ortho intramolecular Hbond substituents is 1. The summed E-state index contributed by atoms with van der Waals surface area (Å²) in [6.45, 7) is 8.50. The molecule has 0 aliphatic carbocycles. The van der Waals surface area contributed by atoms with Gasteiger partial charge in [0.1, 0.15) is 5.75 Å². The van der Waals surface area contributed by atoms with Gasteiger partial charge in [-0.1, -0.05) is 12.1 Å². The number of benzene rings is 1. The normalized spacial score (nSPS) is 12.4. The molecular weight excluding hydrogens is 308 g/mol. The monoisotopic (exact) mass is 332 g/mol. The first-order valence-corrected chi connectivity index (χ1v) is 8.47. The number of phenols is 1. The van der Waals surface area contributed by atoms with Crippen LogP contribution in [0.1, 0.15) is 34.5 Å². The van der Waals surface area contributed by atoms with E-state index >= 15 is 0 Å². The number of rotatable bonds is 5. The summed E-state index contributed by atoms with van der Waals surface area (Å²) in [4.78, 5) is 15.5. The van der Waals surface area contributed by atoms with E-state index in [1.54, 1.807) is 23.5 Å². The highest BCUT2D eigenvalue weighted by Gasteiger charge is 2.17. The number of carbonyl (C=O) groups excluding carboxylic acids is 1. The number of hydrogen-bond donors (Lipinski definition) is 2. The molecule has 0 spiro atoms. The molecule has 124 valence electrons. The third-order valence-corrected chi connectivity index (χ3v) is 5.57. The number of amides is 1. The van der Waals surface area contributed by atoms with Crippen molar-refractivity contribution in [3.05, 3.63) is 45.8 Å². The van der Waals surface area contributed by atoms with Crippen molar-refractivity contribution in [2.45, 2.75) is 33.7 Å². The van der Waals surface area contributed by atoms with Gasteiger partial charge in [-0.15, -0.1) is 11.3 Å². The highest BCUT2D eigenvalue weighted by atomic mass is 32.1. The summed E-state index contributed by atoms with van der Waals surface area (Å²) in [5.74, 6) is 0.219. The van der Waals surface area contributed by atoms with E-state index in [1.165, 1.54) is 10.4 Å². The Morgan fingerprint density at radius 2 is 2.00 bits per heavy atom. The van der Waals surface area contributed by atoms with E-state index < -0.39 is 0 Å². The van der Waals surface area contributed by atoms with Crippen molar-refractivity contribution in [1.82, 2.24) is 4.90 Å². The number of likely N-dealkylation sites (N-methyl/N-ethyl adjacent to an activating group) is 1. The summed E-state index contributed by atoms with van der Waals surface area (Å²) in [5.41, 5.74) is 3.37. The van der Waals surface area contributed by atoms with Crippen molar-refractivity contribution >= 4 is 22.2 Å². The molecule has 0 bridgehead atoms. The van der Waals surface area contributed by atoms with Crippen LogP contribution < -0.4 is 5.32 Å². The Morgan fingerprint density at radius 1 is 1.30 bits per heavy atom. The molecule has 0 aliphatic rings. The predicted molar refractivity (Wildman–Crippen MR) is 96.3 cm³/mol. The van der Waals surface area contributed by atoms with E-state index in [0.717, 1.165) is 16.1 Å². The summed E-state index contributed by atoms with van der Waals surface area (Å²) in [6.07, 6.45) is 0. The molecule has 1 aromatic heterocycles. The molecule has 23 heavy (non-hydrogen) atoms. The molecule has 5 heteroatoms. The fourth-order valence-electron chi connectivity index (χ4n) is 2.43. The predicted octanol–water partition coefficient (Wildman–Crippen LogP) is 4.01. The van der Waals surface area contributed by atoms with E-state index in [4.69, 9.17) is 0 Å². The van der Waals surface area contributed by atoms with Crippen LogP contribution in [0.15, 0.2) is 24.3 Å². The molecule has 4 nitrogen and oxygen atoms in total. The summed E-state index contributed by atoms with van der Waals surface area (Å²) >= 11 is 1.62. The first-order chi connectivity index (χ1) is 10.8. The lowest BCUT2D eigenvalue weighted by Gasteiger charge is -2.24. The topological polar surface area (TPSA) is 52.6 Å². The number of anilines is 1. The van der Waals surface area contributed by atoms with Gasteiger partial charge in [0, 0.05) is 10.9 Å². The zero-order chi connectivity index (χ0) is 17.1. The first kappa shape index (κ1) is 17.5. The summed E-state index contributed by atoms with van der Waals surface area (Å²) < 4.78 is 0. The molecule has 0 saturated heterocycles. The van der Waals surface area contributed by atoms with Crippen LogP contribution in [0.3, 0.4) is 0 Å². The van der Waals surface area contributed by atoms with E-state index in [0.29, 0.717) is 6.54 Å². The number of thiophene rings is 1. The van der Waals surface area contributed by atoms with Gasteiger partial charge in [0.05, 0.1) is 11.5 Å². The second-order valence-electron chi connectivity index (χ2n) is 5.97. The van der Waals surface area contributed by atoms with Crippen LogP contribution in [0.2, 0.25) is 0 Å². The summed E-state index contributed by atoms with van der Waals surface area (Å²) in [6, 6.07) is 7.19. The van der Waals surface area contributed by atoms with Gasteiger partial charge < -0.3 is 10.4 Å². The number of nitrogens with zero attached hydrogens (tertiary/aromatic N) is 1. The Labute approximate surface area is 141 Å². The van der Waals surface area contributed by atoms with Crippen molar-refractivity contribution < 1.29 is 9.90 Å². The molecule has 0 fully saturated rings. The molecule has 1 atom stereocenters. The van der Waals surface area contributed by atoms with Gasteiger partial charge >= 0.3 is 0 Å². The maximum Gasteiger partial charge on any atom is 0.239 e. The zero-order valence-electron chi connectivity index (χ0n) is 14.3. The van der Waals surface area contributed by atoms with Crippen LogP contribution in [0.25, 0.3) is 0 Å². The van der Waals surface area contributed by atoms with E-state index in [-0.39, 0.29) is 17.7 Å². The average molecular weight is 332 g/mol. The Kier molecular flexibility index (Phi) is 5.44. The summed E-state index contributed by atoms with van der Waals surface area (Å²) in [7, 11) is 1.91. The fraction of sp³-hybridized carbons (Fsp3) is 0.389. The van der Waals surface area contributed by atoms with Crippen molar-refractivity contribution in [3.63, 3.8) is 0 Å². The minimum atomic E-state index is -0.0242. The van der Waals surface area contributed by atoms with Gasteiger partial charge in [0.15, 0.2) is 0 Å². The molecule has 0 radical (unpaired) electrons. The van der Waals surface area contributed by atoms with Gasteiger partial charge in [-0.25, -0.2) is 0 Å². The van der Waals surface area contributed by atoms with Crippen molar-refractivity contribution in [1.29, 1.82) is 0 Å². The lowest BCUT2D eigenvalue weighted by molar-refractivity contribution is -0.117. The quantitative estimate of drug-likeness (QED) is 0.870. The van der Waals surface area contributed by atoms with Gasteiger partial charge in [0.25, 0.3) is 0 Å². The van der Waals surface area contributed by atoms with Crippen LogP contribution >= 0.6 is 11.3 Å². The Hall–Kier alpha value is -1.85. The van der Waals surface area contributed by atoms with Crippen LogP contribution in [-0.2, 0) is 4.79 Å². The largest absolute Gasteiger partial charge is 0.508 e. The molecule has 2 rings (SSSR count). The van der Waals surface area contributed by atoms with Gasteiger partial charge in [0.2, 0.25) is 5.91 Å². The molecular formula is C18H24N2O2S. The standard InChI is InChI=1S/C18H24N2O2S/c1-11-12(2)18(23-14(11)4)19-17(22)10-20(5)13(3)15-7-6-8-16(21)9-15/h6-9,13,21H,10H2,1-5H3,(H,19,22)/t13-/m0/s1. The SMILES string of the molecule is Cc1sc(NC(=O)CN(C)[C@@H](C)c2cccc(O)c2)c(C)c1C. The minimum absolute atomic E-state index is 0.0242. The molecule has 2 aromatic rings. The number of nitrogens with one attached hydrogen (secondary N) is 1. The highest BCUT2D eigenvalue weighted by Crippen LogP contribution is 2.31. The third-order valence-electron chi connectivity index (χ3n) is 4.35. The van der Waals surface area contributed by atoms with Crippen molar-refractivity contribution in [2.75, 3.05) is 18.9 Å². The van der Waals surface area contributed by atoms with Crippen LogP contribution in [-0.4, -0.2) is 29.5 Å². The van der Waals surface area contributed by atoms with Gasteiger partial charge in [-0.05, 0) is 63.6 Å². The number of hydrogen-bond acceptors (Lipinski definition) is 4. The maximum absolute atomic E-state index is 12.3. The van der Waals surface area contributed by atoms with Crippen molar-refractivity contribution in [3.8, 4) is 5.75 Å². The van der Waals surface area contributed by atoms with Crippen LogP contribution in [0, 0.1) is 20.8 Å². The Balaban J connectivity index is 2.00. The minimum Gasteiger partial charge on any atom is -0.508 e. The molecule has 1 heterocycles. The average Bonchev–Trinajstić information content (AvgIpc) is 2.73.